The first kappa shape index (κ1) is 30.8. The van der Waals surface area contributed by atoms with Crippen LogP contribution in [0.5, 0.6) is 5.88 Å². The number of rotatable bonds is 9. The Morgan fingerprint density at radius 3 is 2.44 bits per heavy atom. The molecule has 43 heavy (non-hydrogen) atoms. The first-order chi connectivity index (χ1) is 20.4. The second-order valence-corrected chi connectivity index (χ2v) is 11.0. The Morgan fingerprint density at radius 2 is 1.74 bits per heavy atom. The van der Waals surface area contributed by atoms with Gasteiger partial charge in [-0.1, -0.05) is 36.4 Å². The number of benzene rings is 2. The van der Waals surface area contributed by atoms with Crippen molar-refractivity contribution in [3.05, 3.63) is 99.5 Å². The summed E-state index contributed by atoms with van der Waals surface area (Å²) < 4.78 is 10.4. The van der Waals surface area contributed by atoms with Crippen LogP contribution in [0.3, 0.4) is 0 Å². The number of H-pyrrole nitrogens is 1. The van der Waals surface area contributed by atoms with Crippen LogP contribution < -0.4 is 26.2 Å². The fourth-order valence-corrected chi connectivity index (χ4v) is 4.33. The number of aromatic nitrogens is 2. The molecule has 11 nitrogen and oxygen atoms in total. The molecule has 3 amide bonds. The number of ether oxygens (including phenoxy) is 2. The summed E-state index contributed by atoms with van der Waals surface area (Å²) in [5.74, 6) is -0.667. The molecular weight excluding hydrogens is 550 g/mol. The minimum absolute atomic E-state index is 0.102. The number of nitrogens with zero attached hydrogens (tertiary/aromatic N) is 1. The van der Waals surface area contributed by atoms with Crippen LogP contribution in [0.25, 0.3) is 10.9 Å². The topological polar surface area (TPSA) is 152 Å². The molecule has 2 aromatic carbocycles. The molecule has 1 atom stereocenters. The van der Waals surface area contributed by atoms with Crippen LogP contribution in [0.2, 0.25) is 0 Å². The standard InChI is InChI=1S/C32H35N5O6/c1-19-11-12-21(16-25(19)36-29(39)23-15-22-18-34-27(42-5)17-26(22)37-30(23)40)28(38)35-24(20-9-7-6-8-10-20)13-14-33-31(41)43-32(2,3)4/h6-12,15-18,24H,13-14H2,1-5H3,(H,33,41)(H,35,38)(H,36,39)(H,37,40). The second kappa shape index (κ2) is 13.2. The lowest BCUT2D eigenvalue weighted by atomic mass is 10.0. The van der Waals surface area contributed by atoms with E-state index in [9.17, 15) is 19.2 Å². The lowest BCUT2D eigenvalue weighted by Crippen LogP contribution is -2.35. The molecule has 0 fully saturated rings. The fourth-order valence-electron chi connectivity index (χ4n) is 4.33. The summed E-state index contributed by atoms with van der Waals surface area (Å²) >= 11 is 0. The predicted octanol–water partition coefficient (Wildman–Crippen LogP) is 4.88. The third-order valence-corrected chi connectivity index (χ3v) is 6.51. The summed E-state index contributed by atoms with van der Waals surface area (Å²) in [6.45, 7) is 7.41. The smallest absolute Gasteiger partial charge is 0.407 e. The fraction of sp³-hybridized carbons (Fsp3) is 0.281. The Morgan fingerprint density at radius 1 is 1.00 bits per heavy atom. The van der Waals surface area contributed by atoms with E-state index in [0.717, 1.165) is 5.56 Å². The number of pyridine rings is 2. The van der Waals surface area contributed by atoms with Gasteiger partial charge in [-0.3, -0.25) is 14.4 Å². The van der Waals surface area contributed by atoms with Crippen LogP contribution in [-0.4, -0.2) is 47.1 Å². The highest BCUT2D eigenvalue weighted by molar-refractivity contribution is 6.06. The lowest BCUT2D eigenvalue weighted by molar-refractivity contribution is 0.0526. The van der Waals surface area contributed by atoms with Crippen LogP contribution in [0.4, 0.5) is 10.5 Å². The quantitative estimate of drug-likeness (QED) is 0.219. The van der Waals surface area contributed by atoms with Crippen molar-refractivity contribution in [2.24, 2.45) is 0 Å². The van der Waals surface area contributed by atoms with Gasteiger partial charge in [0.2, 0.25) is 5.88 Å². The third kappa shape index (κ3) is 8.19. The molecule has 224 valence electrons. The Kier molecular flexibility index (Phi) is 9.44. The van der Waals surface area contributed by atoms with E-state index in [-0.39, 0.29) is 18.0 Å². The molecule has 4 N–H and O–H groups in total. The van der Waals surface area contributed by atoms with Crippen LogP contribution >= 0.6 is 0 Å². The zero-order valence-electron chi connectivity index (χ0n) is 24.7. The first-order valence-electron chi connectivity index (χ1n) is 13.8. The Bertz CT molecular complexity index is 1690. The van der Waals surface area contributed by atoms with Gasteiger partial charge in [-0.15, -0.1) is 0 Å². The van der Waals surface area contributed by atoms with Crippen LogP contribution in [-0.2, 0) is 4.74 Å². The van der Waals surface area contributed by atoms with E-state index in [4.69, 9.17) is 9.47 Å². The minimum atomic E-state index is -0.630. The summed E-state index contributed by atoms with van der Waals surface area (Å²) in [6, 6.07) is 17.0. The van der Waals surface area contributed by atoms with Crippen molar-refractivity contribution in [2.45, 2.75) is 45.8 Å². The number of carbonyl (C=O) groups excluding carboxylic acids is 3. The van der Waals surface area contributed by atoms with Gasteiger partial charge in [0.1, 0.15) is 11.2 Å². The minimum Gasteiger partial charge on any atom is -0.481 e. The number of aryl methyl sites for hydroxylation is 1. The van der Waals surface area contributed by atoms with Crippen LogP contribution in [0, 0.1) is 6.92 Å². The van der Waals surface area contributed by atoms with Crippen LogP contribution in [0.1, 0.15) is 65.1 Å². The number of nitrogens with one attached hydrogen (secondary N) is 4. The molecule has 0 saturated heterocycles. The van der Waals surface area contributed by atoms with Gasteiger partial charge in [0.05, 0.1) is 18.7 Å². The van der Waals surface area contributed by atoms with E-state index in [1.807, 2.05) is 30.3 Å². The number of methoxy groups -OCH3 is 1. The summed E-state index contributed by atoms with van der Waals surface area (Å²) in [7, 11) is 1.47. The highest BCUT2D eigenvalue weighted by Crippen LogP contribution is 2.22. The number of hydrogen-bond acceptors (Lipinski definition) is 7. The molecule has 0 bridgehead atoms. The van der Waals surface area contributed by atoms with Crippen molar-refractivity contribution in [3.63, 3.8) is 0 Å². The SMILES string of the molecule is COc1cc2[nH]c(=O)c(C(=O)Nc3cc(C(=O)NC(CCNC(=O)OC(C)(C)C)c4ccccc4)ccc3C)cc2cn1. The molecule has 4 rings (SSSR count). The molecule has 0 spiro atoms. The molecule has 4 aromatic rings. The van der Waals surface area contributed by atoms with E-state index in [1.165, 1.54) is 19.4 Å². The largest absolute Gasteiger partial charge is 0.481 e. The Labute approximate surface area is 249 Å². The average molecular weight is 586 g/mol. The van der Waals surface area contributed by atoms with Crippen molar-refractivity contribution in [1.82, 2.24) is 20.6 Å². The molecular formula is C32H35N5O6. The maximum absolute atomic E-state index is 13.4. The van der Waals surface area contributed by atoms with Crippen molar-refractivity contribution in [1.29, 1.82) is 0 Å². The van der Waals surface area contributed by atoms with Crippen molar-refractivity contribution >= 4 is 34.5 Å². The van der Waals surface area contributed by atoms with Gasteiger partial charge in [-0.2, -0.15) is 0 Å². The van der Waals surface area contributed by atoms with Crippen molar-refractivity contribution in [2.75, 3.05) is 19.0 Å². The molecule has 0 aliphatic rings. The van der Waals surface area contributed by atoms with Gasteiger partial charge in [0.25, 0.3) is 17.4 Å². The maximum Gasteiger partial charge on any atom is 0.407 e. The number of hydrogen-bond donors (Lipinski definition) is 4. The molecule has 2 heterocycles. The van der Waals surface area contributed by atoms with E-state index < -0.39 is 29.2 Å². The molecule has 2 aromatic heterocycles. The number of anilines is 1. The normalized spacial score (nSPS) is 11.8. The molecule has 11 heteroatoms. The van der Waals surface area contributed by atoms with Gasteiger partial charge in [-0.05, 0) is 63.4 Å². The summed E-state index contributed by atoms with van der Waals surface area (Å²) in [5.41, 5.74) is 1.45. The second-order valence-electron chi connectivity index (χ2n) is 11.0. The summed E-state index contributed by atoms with van der Waals surface area (Å²) in [6.07, 6.45) is 1.38. The van der Waals surface area contributed by atoms with Crippen LogP contribution in [0.15, 0.2) is 71.7 Å². The number of alkyl carbamates (subject to hydrolysis) is 1. The van der Waals surface area contributed by atoms with E-state index in [0.29, 0.717) is 40.0 Å². The van der Waals surface area contributed by atoms with Crippen molar-refractivity contribution < 1.29 is 23.9 Å². The predicted molar refractivity (Wildman–Crippen MR) is 164 cm³/mol. The summed E-state index contributed by atoms with van der Waals surface area (Å²) in [5, 5.41) is 9.07. The van der Waals surface area contributed by atoms with Gasteiger partial charge >= 0.3 is 6.09 Å². The molecule has 0 aliphatic carbocycles. The molecule has 0 radical (unpaired) electrons. The average Bonchev–Trinajstić information content (AvgIpc) is 2.96. The van der Waals surface area contributed by atoms with Crippen molar-refractivity contribution in [3.8, 4) is 5.88 Å². The number of carbonyl (C=O) groups is 3. The molecule has 0 aliphatic heterocycles. The van der Waals surface area contributed by atoms with Gasteiger partial charge in [0.15, 0.2) is 0 Å². The molecule has 1 unspecified atom stereocenters. The van der Waals surface area contributed by atoms with E-state index in [1.54, 1.807) is 52.0 Å². The lowest BCUT2D eigenvalue weighted by Gasteiger charge is -2.22. The highest BCUT2D eigenvalue weighted by Gasteiger charge is 2.20. The molecule has 0 saturated carbocycles. The Hall–Kier alpha value is -5.19. The Balaban J connectivity index is 1.49. The number of amides is 3. The number of aromatic amines is 1. The monoisotopic (exact) mass is 585 g/mol. The summed E-state index contributed by atoms with van der Waals surface area (Å²) in [4.78, 5) is 58.1. The maximum atomic E-state index is 13.4. The van der Waals surface area contributed by atoms with Gasteiger partial charge in [0, 0.05) is 35.4 Å². The zero-order chi connectivity index (χ0) is 31.1. The first-order valence-corrected chi connectivity index (χ1v) is 13.8. The highest BCUT2D eigenvalue weighted by atomic mass is 16.6. The number of fused-ring (bicyclic) bond motifs is 1. The van der Waals surface area contributed by atoms with E-state index >= 15 is 0 Å². The van der Waals surface area contributed by atoms with Gasteiger partial charge < -0.3 is 30.4 Å². The van der Waals surface area contributed by atoms with E-state index in [2.05, 4.69) is 25.9 Å². The van der Waals surface area contributed by atoms with Gasteiger partial charge in [-0.25, -0.2) is 9.78 Å². The zero-order valence-corrected chi connectivity index (χ0v) is 24.7. The third-order valence-electron chi connectivity index (χ3n) is 6.51.